The van der Waals surface area contributed by atoms with E-state index in [0.29, 0.717) is 23.6 Å². The minimum absolute atomic E-state index is 0.0239. The van der Waals surface area contributed by atoms with Crippen molar-refractivity contribution in [2.24, 2.45) is 0 Å². The zero-order valence-corrected chi connectivity index (χ0v) is 14.2. The van der Waals surface area contributed by atoms with E-state index in [0.717, 1.165) is 5.69 Å². The number of carbonyl (C=O) groups is 2. The molecule has 25 heavy (non-hydrogen) atoms. The van der Waals surface area contributed by atoms with Crippen LogP contribution in [-0.2, 0) is 4.79 Å². The highest BCUT2D eigenvalue weighted by Gasteiger charge is 2.32. The first kappa shape index (κ1) is 16.8. The lowest BCUT2D eigenvalue weighted by Crippen LogP contribution is -2.37. The average molecular weight is 340 g/mol. The summed E-state index contributed by atoms with van der Waals surface area (Å²) in [7, 11) is 3.14. The molecule has 0 unspecified atom stereocenters. The van der Waals surface area contributed by atoms with Gasteiger partial charge in [-0.05, 0) is 30.3 Å². The minimum Gasteiger partial charge on any atom is -0.497 e. The quantitative estimate of drug-likeness (QED) is 0.906. The fraction of sp³-hybridized carbons (Fsp3) is 0.263. The number of carbonyl (C=O) groups excluding carboxylic acids is 2. The lowest BCUT2D eigenvalue weighted by molar-refractivity contribution is -0.117. The van der Waals surface area contributed by atoms with Gasteiger partial charge < -0.3 is 19.7 Å². The van der Waals surface area contributed by atoms with Gasteiger partial charge in [-0.1, -0.05) is 12.1 Å². The number of anilines is 1. The van der Waals surface area contributed by atoms with Crippen LogP contribution in [0.4, 0.5) is 5.69 Å². The van der Waals surface area contributed by atoms with E-state index in [1.165, 1.54) is 0 Å². The van der Waals surface area contributed by atoms with Crippen molar-refractivity contribution in [1.29, 1.82) is 0 Å². The Bertz CT molecular complexity index is 790. The van der Waals surface area contributed by atoms with E-state index in [9.17, 15) is 9.59 Å². The van der Waals surface area contributed by atoms with Gasteiger partial charge in [0.1, 0.15) is 11.5 Å². The lowest BCUT2D eigenvalue weighted by Gasteiger charge is -2.18. The third-order valence-corrected chi connectivity index (χ3v) is 4.16. The van der Waals surface area contributed by atoms with E-state index in [1.807, 2.05) is 24.3 Å². The first-order valence-electron chi connectivity index (χ1n) is 8.00. The molecule has 0 aromatic heterocycles. The molecule has 0 spiro atoms. The molecule has 1 N–H and O–H groups in total. The smallest absolute Gasteiger partial charge is 0.251 e. The van der Waals surface area contributed by atoms with Crippen LogP contribution in [-0.4, -0.2) is 38.6 Å². The Hall–Kier alpha value is -3.02. The number of benzene rings is 2. The Labute approximate surface area is 146 Å². The first-order chi connectivity index (χ1) is 12.1. The van der Waals surface area contributed by atoms with E-state index >= 15 is 0 Å². The molecule has 2 aromatic rings. The van der Waals surface area contributed by atoms with Crippen LogP contribution in [0.5, 0.6) is 11.5 Å². The summed E-state index contributed by atoms with van der Waals surface area (Å²) < 4.78 is 10.3. The third kappa shape index (κ3) is 3.74. The average Bonchev–Trinajstić information content (AvgIpc) is 3.02. The molecule has 1 saturated heterocycles. The summed E-state index contributed by atoms with van der Waals surface area (Å²) in [6, 6.07) is 14.0. The number of nitrogens with one attached hydrogen (secondary N) is 1. The second-order valence-electron chi connectivity index (χ2n) is 5.81. The maximum absolute atomic E-state index is 12.4. The van der Waals surface area contributed by atoms with Crippen molar-refractivity contribution >= 4 is 17.5 Å². The van der Waals surface area contributed by atoms with Crippen molar-refractivity contribution < 1.29 is 19.1 Å². The van der Waals surface area contributed by atoms with Gasteiger partial charge in [0.25, 0.3) is 5.91 Å². The summed E-state index contributed by atoms with van der Waals surface area (Å²) >= 11 is 0. The fourth-order valence-corrected chi connectivity index (χ4v) is 2.87. The molecule has 3 rings (SSSR count). The summed E-state index contributed by atoms with van der Waals surface area (Å²) in [5.74, 6) is 1.07. The Morgan fingerprint density at radius 1 is 1.08 bits per heavy atom. The SMILES string of the molecule is COc1cccc(C(=O)N[C@@H]2CC(=O)N(c3cccc(OC)c3)C2)c1. The van der Waals surface area contributed by atoms with Gasteiger partial charge in [0.15, 0.2) is 0 Å². The summed E-state index contributed by atoms with van der Waals surface area (Å²) in [6.45, 7) is 0.432. The molecule has 0 radical (unpaired) electrons. The molecule has 1 heterocycles. The van der Waals surface area contributed by atoms with Crippen LogP contribution in [0.1, 0.15) is 16.8 Å². The van der Waals surface area contributed by atoms with Gasteiger partial charge in [0.05, 0.1) is 20.3 Å². The van der Waals surface area contributed by atoms with E-state index in [-0.39, 0.29) is 24.3 Å². The van der Waals surface area contributed by atoms with Crippen molar-refractivity contribution in [2.75, 3.05) is 25.7 Å². The molecule has 130 valence electrons. The zero-order chi connectivity index (χ0) is 17.8. The van der Waals surface area contributed by atoms with E-state index in [4.69, 9.17) is 9.47 Å². The summed E-state index contributed by atoms with van der Waals surface area (Å²) in [5, 5.41) is 2.92. The van der Waals surface area contributed by atoms with Crippen molar-refractivity contribution in [3.63, 3.8) is 0 Å². The third-order valence-electron chi connectivity index (χ3n) is 4.16. The molecular formula is C19H20N2O4. The van der Waals surface area contributed by atoms with Crippen molar-refractivity contribution in [1.82, 2.24) is 5.32 Å². The summed E-state index contributed by atoms with van der Waals surface area (Å²) in [5.41, 5.74) is 1.27. The van der Waals surface area contributed by atoms with E-state index < -0.39 is 0 Å². The Morgan fingerprint density at radius 3 is 2.48 bits per heavy atom. The summed E-state index contributed by atoms with van der Waals surface area (Å²) in [4.78, 5) is 26.4. The molecule has 6 nitrogen and oxygen atoms in total. The number of hydrogen-bond acceptors (Lipinski definition) is 4. The van der Waals surface area contributed by atoms with Crippen molar-refractivity contribution in [3.8, 4) is 11.5 Å². The van der Waals surface area contributed by atoms with Crippen molar-refractivity contribution in [2.45, 2.75) is 12.5 Å². The van der Waals surface area contributed by atoms with Gasteiger partial charge in [-0.25, -0.2) is 0 Å². The van der Waals surface area contributed by atoms with Gasteiger partial charge in [-0.15, -0.1) is 0 Å². The van der Waals surface area contributed by atoms with Crippen LogP contribution < -0.4 is 19.7 Å². The van der Waals surface area contributed by atoms with Crippen LogP contribution in [0.25, 0.3) is 0 Å². The van der Waals surface area contributed by atoms with Gasteiger partial charge >= 0.3 is 0 Å². The largest absolute Gasteiger partial charge is 0.497 e. The molecular weight excluding hydrogens is 320 g/mol. The summed E-state index contributed by atoms with van der Waals surface area (Å²) in [6.07, 6.45) is 0.271. The monoisotopic (exact) mass is 340 g/mol. The van der Waals surface area contributed by atoms with Crippen LogP contribution in [0.3, 0.4) is 0 Å². The highest BCUT2D eigenvalue weighted by atomic mass is 16.5. The number of nitrogens with zero attached hydrogens (tertiary/aromatic N) is 1. The normalized spacial score (nSPS) is 16.6. The number of methoxy groups -OCH3 is 2. The Morgan fingerprint density at radius 2 is 1.76 bits per heavy atom. The van der Waals surface area contributed by atoms with Crippen LogP contribution in [0.15, 0.2) is 48.5 Å². The molecule has 1 fully saturated rings. The van der Waals surface area contributed by atoms with Crippen LogP contribution >= 0.6 is 0 Å². The molecule has 6 heteroatoms. The number of rotatable bonds is 5. The standard InChI is InChI=1S/C19H20N2O4/c1-24-16-7-3-5-13(9-16)19(23)20-14-10-18(22)21(12-14)15-6-4-8-17(11-15)25-2/h3-9,11,14H,10,12H2,1-2H3,(H,20,23)/t14-/m1/s1. The molecule has 1 atom stereocenters. The van der Waals surface area contributed by atoms with Crippen LogP contribution in [0, 0.1) is 0 Å². The lowest BCUT2D eigenvalue weighted by atomic mass is 10.1. The molecule has 0 aliphatic carbocycles. The van der Waals surface area contributed by atoms with Gasteiger partial charge in [0, 0.05) is 30.3 Å². The van der Waals surface area contributed by atoms with Gasteiger partial charge in [0.2, 0.25) is 5.91 Å². The van der Waals surface area contributed by atoms with Crippen molar-refractivity contribution in [3.05, 3.63) is 54.1 Å². The molecule has 2 amide bonds. The number of hydrogen-bond donors (Lipinski definition) is 1. The second kappa shape index (κ2) is 7.25. The zero-order valence-electron chi connectivity index (χ0n) is 14.2. The van der Waals surface area contributed by atoms with E-state index in [1.54, 1.807) is 43.4 Å². The first-order valence-corrected chi connectivity index (χ1v) is 8.00. The van der Waals surface area contributed by atoms with Gasteiger partial charge in [-0.2, -0.15) is 0 Å². The molecule has 1 aliphatic rings. The Kier molecular flexibility index (Phi) is 4.88. The Balaban J connectivity index is 1.68. The van der Waals surface area contributed by atoms with E-state index in [2.05, 4.69) is 5.32 Å². The number of ether oxygens (including phenoxy) is 2. The predicted molar refractivity (Wildman–Crippen MR) is 94.2 cm³/mol. The highest BCUT2D eigenvalue weighted by Crippen LogP contribution is 2.25. The highest BCUT2D eigenvalue weighted by molar-refractivity contribution is 5.99. The maximum Gasteiger partial charge on any atom is 0.251 e. The molecule has 0 bridgehead atoms. The predicted octanol–water partition coefficient (Wildman–Crippen LogP) is 2.24. The minimum atomic E-state index is -0.239. The maximum atomic E-state index is 12.4. The second-order valence-corrected chi connectivity index (χ2v) is 5.81. The van der Waals surface area contributed by atoms with Gasteiger partial charge in [-0.3, -0.25) is 9.59 Å². The number of amides is 2. The molecule has 2 aromatic carbocycles. The molecule has 0 saturated carbocycles. The molecule has 1 aliphatic heterocycles. The fourth-order valence-electron chi connectivity index (χ4n) is 2.87. The van der Waals surface area contributed by atoms with Crippen LogP contribution in [0.2, 0.25) is 0 Å². The topological polar surface area (TPSA) is 67.9 Å².